The van der Waals surface area contributed by atoms with Crippen LogP contribution in [0.1, 0.15) is 0 Å². The first kappa shape index (κ1) is 10.5. The zero-order valence-electron chi connectivity index (χ0n) is 8.48. The van der Waals surface area contributed by atoms with Gasteiger partial charge in [0, 0.05) is 5.56 Å². The van der Waals surface area contributed by atoms with Gasteiger partial charge >= 0.3 is 0 Å². The molecular formula is C11H6Cl2N4. The number of aromatic nitrogens is 4. The molecule has 0 saturated heterocycles. The fourth-order valence-corrected chi connectivity index (χ4v) is 2.14. The van der Waals surface area contributed by atoms with E-state index in [2.05, 4.69) is 20.2 Å². The molecular weight excluding hydrogens is 259 g/mol. The summed E-state index contributed by atoms with van der Waals surface area (Å²) in [5.74, 6) is 0. The lowest BCUT2D eigenvalue weighted by Crippen LogP contribution is -1.85. The number of benzene rings is 1. The van der Waals surface area contributed by atoms with Crippen molar-refractivity contribution in [3.05, 3.63) is 40.8 Å². The van der Waals surface area contributed by atoms with Crippen LogP contribution in [0.3, 0.4) is 0 Å². The molecule has 0 fully saturated rings. The number of halogens is 2. The van der Waals surface area contributed by atoms with E-state index in [1.165, 1.54) is 0 Å². The summed E-state index contributed by atoms with van der Waals surface area (Å²) in [6.45, 7) is 0. The van der Waals surface area contributed by atoms with E-state index < -0.39 is 0 Å². The molecule has 1 aromatic carbocycles. The summed E-state index contributed by atoms with van der Waals surface area (Å²) in [6.07, 6.45) is 0. The van der Waals surface area contributed by atoms with E-state index in [9.17, 15) is 0 Å². The molecule has 6 heteroatoms. The van der Waals surface area contributed by atoms with Gasteiger partial charge in [0.25, 0.3) is 0 Å². The highest BCUT2D eigenvalue weighted by molar-refractivity contribution is 6.36. The monoisotopic (exact) mass is 264 g/mol. The predicted molar refractivity (Wildman–Crippen MR) is 67.1 cm³/mol. The lowest BCUT2D eigenvalue weighted by molar-refractivity contribution is 1.09. The predicted octanol–water partition coefficient (Wildman–Crippen LogP) is 3.33. The van der Waals surface area contributed by atoms with Crippen LogP contribution in [0.25, 0.3) is 22.3 Å². The van der Waals surface area contributed by atoms with E-state index in [-0.39, 0.29) is 5.28 Å². The van der Waals surface area contributed by atoms with Crippen LogP contribution in [0.15, 0.2) is 30.3 Å². The number of rotatable bonds is 1. The van der Waals surface area contributed by atoms with Crippen LogP contribution < -0.4 is 0 Å². The SMILES string of the molecule is Clc1nc(Cl)c2c(-c3ccccc3)n[nH]c2n1. The summed E-state index contributed by atoms with van der Waals surface area (Å²) < 4.78 is 0. The number of H-pyrrole nitrogens is 1. The van der Waals surface area contributed by atoms with Crippen LogP contribution in [-0.4, -0.2) is 20.2 Å². The van der Waals surface area contributed by atoms with Crippen LogP contribution >= 0.6 is 23.2 Å². The molecule has 84 valence electrons. The standard InChI is InChI=1S/C11H6Cl2N4/c12-9-7-8(6-4-2-1-3-5-6)16-17-10(7)15-11(13)14-9/h1-5H,(H,14,15,16,17). The van der Waals surface area contributed by atoms with Gasteiger partial charge in [0.2, 0.25) is 5.28 Å². The summed E-state index contributed by atoms with van der Waals surface area (Å²) in [6, 6.07) is 9.69. The van der Waals surface area contributed by atoms with Crippen molar-refractivity contribution in [3.8, 4) is 11.3 Å². The van der Waals surface area contributed by atoms with Gasteiger partial charge in [0.15, 0.2) is 5.65 Å². The van der Waals surface area contributed by atoms with Crippen molar-refractivity contribution >= 4 is 34.2 Å². The van der Waals surface area contributed by atoms with Gasteiger partial charge in [-0.15, -0.1) is 0 Å². The van der Waals surface area contributed by atoms with Gasteiger partial charge < -0.3 is 0 Å². The molecule has 0 saturated carbocycles. The molecule has 1 N–H and O–H groups in total. The Labute approximate surface area is 107 Å². The molecule has 0 aliphatic carbocycles. The minimum absolute atomic E-state index is 0.103. The lowest BCUT2D eigenvalue weighted by atomic mass is 10.1. The van der Waals surface area contributed by atoms with Crippen molar-refractivity contribution in [2.45, 2.75) is 0 Å². The molecule has 4 nitrogen and oxygen atoms in total. The van der Waals surface area contributed by atoms with Crippen LogP contribution in [0.4, 0.5) is 0 Å². The Kier molecular flexibility index (Phi) is 2.46. The number of aromatic amines is 1. The van der Waals surface area contributed by atoms with Crippen molar-refractivity contribution in [3.63, 3.8) is 0 Å². The van der Waals surface area contributed by atoms with Crippen molar-refractivity contribution in [2.75, 3.05) is 0 Å². The quantitative estimate of drug-likeness (QED) is 0.542. The normalized spacial score (nSPS) is 10.9. The maximum absolute atomic E-state index is 6.06. The fourth-order valence-electron chi connectivity index (χ4n) is 1.67. The van der Waals surface area contributed by atoms with Gasteiger partial charge in [-0.1, -0.05) is 41.9 Å². The number of hydrogen-bond acceptors (Lipinski definition) is 3. The molecule has 2 aromatic heterocycles. The first-order chi connectivity index (χ1) is 8.25. The van der Waals surface area contributed by atoms with Gasteiger partial charge in [0.05, 0.1) is 5.39 Å². The van der Waals surface area contributed by atoms with Gasteiger partial charge in [-0.25, -0.2) is 4.98 Å². The topological polar surface area (TPSA) is 54.5 Å². The highest BCUT2D eigenvalue weighted by Gasteiger charge is 2.14. The molecule has 0 aliphatic rings. The largest absolute Gasteiger partial charge is 0.260 e. The van der Waals surface area contributed by atoms with Crippen LogP contribution in [0.2, 0.25) is 10.4 Å². The third kappa shape index (κ3) is 1.75. The second-order valence-electron chi connectivity index (χ2n) is 3.45. The van der Waals surface area contributed by atoms with Gasteiger partial charge in [-0.3, -0.25) is 5.10 Å². The summed E-state index contributed by atoms with van der Waals surface area (Å²) >= 11 is 11.8. The first-order valence-corrected chi connectivity index (χ1v) is 5.64. The zero-order chi connectivity index (χ0) is 11.8. The third-order valence-corrected chi connectivity index (χ3v) is 2.84. The van der Waals surface area contributed by atoms with E-state index in [0.717, 1.165) is 11.3 Å². The Hall–Kier alpha value is -1.65. The van der Waals surface area contributed by atoms with E-state index >= 15 is 0 Å². The molecule has 2 heterocycles. The summed E-state index contributed by atoms with van der Waals surface area (Å²) in [5, 5.41) is 8.08. The Morgan fingerprint density at radius 1 is 1.00 bits per heavy atom. The molecule has 0 bridgehead atoms. The maximum atomic E-state index is 6.06. The highest BCUT2D eigenvalue weighted by atomic mass is 35.5. The number of hydrogen-bond donors (Lipinski definition) is 1. The van der Waals surface area contributed by atoms with E-state index in [1.54, 1.807) is 0 Å². The zero-order valence-corrected chi connectivity index (χ0v) is 10.00. The lowest BCUT2D eigenvalue weighted by Gasteiger charge is -1.98. The number of nitrogens with one attached hydrogen (secondary N) is 1. The molecule has 17 heavy (non-hydrogen) atoms. The average molecular weight is 265 g/mol. The Balaban J connectivity index is 2.32. The van der Waals surface area contributed by atoms with E-state index in [4.69, 9.17) is 23.2 Å². The second-order valence-corrected chi connectivity index (χ2v) is 4.14. The summed E-state index contributed by atoms with van der Waals surface area (Å²) in [5.41, 5.74) is 2.21. The number of nitrogens with zero attached hydrogens (tertiary/aromatic N) is 3. The Morgan fingerprint density at radius 2 is 1.76 bits per heavy atom. The van der Waals surface area contributed by atoms with Crippen molar-refractivity contribution < 1.29 is 0 Å². The average Bonchev–Trinajstić information content (AvgIpc) is 2.74. The molecule has 0 spiro atoms. The van der Waals surface area contributed by atoms with E-state index in [0.29, 0.717) is 16.2 Å². The van der Waals surface area contributed by atoms with Crippen LogP contribution in [0, 0.1) is 0 Å². The minimum atomic E-state index is 0.103. The van der Waals surface area contributed by atoms with Gasteiger partial charge in [-0.05, 0) is 11.6 Å². The Morgan fingerprint density at radius 3 is 2.53 bits per heavy atom. The molecule has 3 aromatic rings. The van der Waals surface area contributed by atoms with E-state index in [1.807, 2.05) is 30.3 Å². The molecule has 0 amide bonds. The second kappa shape index (κ2) is 3.98. The summed E-state index contributed by atoms with van der Waals surface area (Å²) in [7, 11) is 0. The van der Waals surface area contributed by atoms with Gasteiger partial charge in [-0.2, -0.15) is 10.1 Å². The molecule has 0 atom stereocenters. The molecule has 0 unspecified atom stereocenters. The van der Waals surface area contributed by atoms with Crippen molar-refractivity contribution in [1.82, 2.24) is 20.2 Å². The molecule has 0 aliphatic heterocycles. The number of fused-ring (bicyclic) bond motifs is 1. The molecule has 0 radical (unpaired) electrons. The fraction of sp³-hybridized carbons (Fsp3) is 0. The molecule has 3 rings (SSSR count). The van der Waals surface area contributed by atoms with Gasteiger partial charge in [0.1, 0.15) is 10.8 Å². The van der Waals surface area contributed by atoms with Crippen molar-refractivity contribution in [1.29, 1.82) is 0 Å². The van der Waals surface area contributed by atoms with Crippen molar-refractivity contribution in [2.24, 2.45) is 0 Å². The van der Waals surface area contributed by atoms with Crippen LogP contribution in [0.5, 0.6) is 0 Å². The summed E-state index contributed by atoms with van der Waals surface area (Å²) in [4.78, 5) is 7.95. The third-order valence-electron chi connectivity index (χ3n) is 2.40. The first-order valence-electron chi connectivity index (χ1n) is 4.88. The smallest absolute Gasteiger partial charge is 0.225 e. The highest BCUT2D eigenvalue weighted by Crippen LogP contribution is 2.30. The van der Waals surface area contributed by atoms with Crippen LogP contribution in [-0.2, 0) is 0 Å². The minimum Gasteiger partial charge on any atom is -0.260 e. The maximum Gasteiger partial charge on any atom is 0.225 e. The Bertz CT molecular complexity index is 679.